The van der Waals surface area contributed by atoms with Gasteiger partial charge < -0.3 is 29.2 Å². The topological polar surface area (TPSA) is 77.4 Å². The monoisotopic (exact) mass is 390 g/mol. The first-order valence-corrected chi connectivity index (χ1v) is 9.52. The van der Waals surface area contributed by atoms with E-state index < -0.39 is 12.2 Å². The smallest absolute Gasteiger partial charge is 0.119 e. The van der Waals surface area contributed by atoms with E-state index in [-0.39, 0.29) is 0 Å². The fraction of sp³-hybridized carbons (Fsp3) is 0.455. The minimum atomic E-state index is -0.459. The standard InChI is InChI=1S/C22H30O6/c1-17(23)15-25-11-13-27-21-7-3-19(4-8-21)20-5-9-22(10-6-20)28-14-12-26-16-18(2)24/h3-10,17-18,23-24H,11-16H2,1-2H3. The van der Waals surface area contributed by atoms with Crippen LogP contribution in [0.5, 0.6) is 11.5 Å². The maximum atomic E-state index is 9.12. The van der Waals surface area contributed by atoms with E-state index >= 15 is 0 Å². The van der Waals surface area contributed by atoms with Crippen LogP contribution in [-0.2, 0) is 9.47 Å². The lowest BCUT2D eigenvalue weighted by molar-refractivity contribution is 0.0328. The number of hydrogen-bond acceptors (Lipinski definition) is 6. The lowest BCUT2D eigenvalue weighted by atomic mass is 10.1. The normalized spacial score (nSPS) is 13.1. The molecule has 2 atom stereocenters. The average molecular weight is 390 g/mol. The van der Waals surface area contributed by atoms with E-state index in [2.05, 4.69) is 0 Å². The van der Waals surface area contributed by atoms with Crippen molar-refractivity contribution in [2.75, 3.05) is 39.6 Å². The van der Waals surface area contributed by atoms with Gasteiger partial charge in [0.25, 0.3) is 0 Å². The van der Waals surface area contributed by atoms with Crippen molar-refractivity contribution in [1.29, 1.82) is 0 Å². The SMILES string of the molecule is CC(O)COCCOc1ccc(-c2ccc(OCCOCC(C)O)cc2)cc1. The summed E-state index contributed by atoms with van der Waals surface area (Å²) < 4.78 is 21.8. The third-order valence-corrected chi connectivity index (χ3v) is 3.75. The lowest BCUT2D eigenvalue weighted by Gasteiger charge is -2.10. The van der Waals surface area contributed by atoms with Crippen LogP contribution in [0, 0.1) is 0 Å². The highest BCUT2D eigenvalue weighted by molar-refractivity contribution is 5.64. The molecule has 2 aromatic rings. The highest BCUT2D eigenvalue weighted by Crippen LogP contribution is 2.24. The summed E-state index contributed by atoms with van der Waals surface area (Å²) in [6.45, 7) is 5.78. The molecule has 2 unspecified atom stereocenters. The number of aliphatic hydroxyl groups excluding tert-OH is 2. The van der Waals surface area contributed by atoms with Gasteiger partial charge >= 0.3 is 0 Å². The number of aliphatic hydroxyl groups is 2. The zero-order valence-electron chi connectivity index (χ0n) is 16.5. The summed E-state index contributed by atoms with van der Waals surface area (Å²) in [5, 5.41) is 18.2. The van der Waals surface area contributed by atoms with Gasteiger partial charge in [-0.25, -0.2) is 0 Å². The molecule has 154 valence electrons. The molecule has 0 aliphatic heterocycles. The van der Waals surface area contributed by atoms with E-state index in [1.165, 1.54) is 0 Å². The molecule has 0 aliphatic rings. The molecule has 28 heavy (non-hydrogen) atoms. The predicted molar refractivity (Wildman–Crippen MR) is 108 cm³/mol. The Bertz CT molecular complexity index is 592. The zero-order valence-corrected chi connectivity index (χ0v) is 16.5. The van der Waals surface area contributed by atoms with Crippen LogP contribution in [0.25, 0.3) is 11.1 Å². The average Bonchev–Trinajstić information content (AvgIpc) is 2.68. The molecule has 0 spiro atoms. The summed E-state index contributed by atoms with van der Waals surface area (Å²) in [5.41, 5.74) is 2.18. The molecule has 0 aromatic heterocycles. The van der Waals surface area contributed by atoms with Gasteiger partial charge in [0.15, 0.2) is 0 Å². The van der Waals surface area contributed by atoms with Gasteiger partial charge in [0.1, 0.15) is 24.7 Å². The second-order valence-electron chi connectivity index (χ2n) is 6.59. The van der Waals surface area contributed by atoms with Gasteiger partial charge in [0, 0.05) is 0 Å². The lowest BCUT2D eigenvalue weighted by Crippen LogP contribution is -2.14. The van der Waals surface area contributed by atoms with Crippen molar-refractivity contribution in [3.63, 3.8) is 0 Å². The fourth-order valence-electron chi connectivity index (χ4n) is 2.43. The van der Waals surface area contributed by atoms with E-state index in [0.717, 1.165) is 22.6 Å². The van der Waals surface area contributed by atoms with E-state index in [1.54, 1.807) is 13.8 Å². The summed E-state index contributed by atoms with van der Waals surface area (Å²) in [6.07, 6.45) is -0.918. The van der Waals surface area contributed by atoms with Gasteiger partial charge in [-0.1, -0.05) is 24.3 Å². The highest BCUT2D eigenvalue weighted by atomic mass is 16.5. The number of hydrogen-bond donors (Lipinski definition) is 2. The van der Waals surface area contributed by atoms with Crippen LogP contribution < -0.4 is 9.47 Å². The van der Waals surface area contributed by atoms with E-state index in [1.807, 2.05) is 48.5 Å². The molecule has 0 bridgehead atoms. The van der Waals surface area contributed by atoms with E-state index in [0.29, 0.717) is 39.6 Å². The molecular formula is C22H30O6. The molecule has 6 heteroatoms. The molecule has 0 aliphatic carbocycles. The van der Waals surface area contributed by atoms with Gasteiger partial charge in [0.05, 0.1) is 38.6 Å². The summed E-state index contributed by atoms with van der Waals surface area (Å²) in [6, 6.07) is 15.7. The number of rotatable bonds is 13. The summed E-state index contributed by atoms with van der Waals surface area (Å²) >= 11 is 0. The molecule has 0 amide bonds. The molecule has 2 aromatic carbocycles. The molecule has 0 fully saturated rings. The number of benzene rings is 2. The van der Waals surface area contributed by atoms with Gasteiger partial charge in [0.2, 0.25) is 0 Å². The van der Waals surface area contributed by atoms with Crippen molar-refractivity contribution in [1.82, 2.24) is 0 Å². The van der Waals surface area contributed by atoms with Crippen LogP contribution in [0.1, 0.15) is 13.8 Å². The van der Waals surface area contributed by atoms with Crippen molar-refractivity contribution in [2.24, 2.45) is 0 Å². The molecule has 6 nitrogen and oxygen atoms in total. The Balaban J connectivity index is 1.74. The second-order valence-corrected chi connectivity index (χ2v) is 6.59. The first-order chi connectivity index (χ1) is 13.5. The molecule has 0 saturated heterocycles. The second kappa shape index (κ2) is 12.4. The summed E-state index contributed by atoms with van der Waals surface area (Å²) in [7, 11) is 0. The van der Waals surface area contributed by atoms with Crippen LogP contribution in [0.2, 0.25) is 0 Å². The van der Waals surface area contributed by atoms with Crippen molar-refractivity contribution in [3.05, 3.63) is 48.5 Å². The Morgan fingerprint density at radius 3 is 1.29 bits per heavy atom. The van der Waals surface area contributed by atoms with Crippen LogP contribution in [0.15, 0.2) is 48.5 Å². The Kier molecular flexibility index (Phi) is 9.79. The molecule has 2 rings (SSSR count). The van der Waals surface area contributed by atoms with Crippen molar-refractivity contribution < 1.29 is 29.2 Å². The molecule has 0 radical (unpaired) electrons. The van der Waals surface area contributed by atoms with Gasteiger partial charge in [-0.3, -0.25) is 0 Å². The Labute approximate surface area is 166 Å². The predicted octanol–water partition coefficient (Wildman–Crippen LogP) is 2.91. The maximum absolute atomic E-state index is 9.12. The van der Waals surface area contributed by atoms with E-state index in [9.17, 15) is 0 Å². The minimum Gasteiger partial charge on any atom is -0.491 e. The third-order valence-electron chi connectivity index (χ3n) is 3.75. The first kappa shape index (κ1) is 22.2. The van der Waals surface area contributed by atoms with Gasteiger partial charge in [-0.15, -0.1) is 0 Å². The van der Waals surface area contributed by atoms with Gasteiger partial charge in [-0.2, -0.15) is 0 Å². The van der Waals surface area contributed by atoms with Crippen LogP contribution in [0.4, 0.5) is 0 Å². The highest BCUT2D eigenvalue weighted by Gasteiger charge is 2.02. The van der Waals surface area contributed by atoms with Crippen LogP contribution >= 0.6 is 0 Å². The Morgan fingerprint density at radius 1 is 0.607 bits per heavy atom. The van der Waals surface area contributed by atoms with Crippen molar-refractivity contribution in [3.8, 4) is 22.6 Å². The van der Waals surface area contributed by atoms with Gasteiger partial charge in [-0.05, 0) is 49.2 Å². The Morgan fingerprint density at radius 2 is 0.964 bits per heavy atom. The number of ether oxygens (including phenoxy) is 4. The summed E-state index contributed by atoms with van der Waals surface area (Å²) in [5.74, 6) is 1.56. The zero-order chi connectivity index (χ0) is 20.2. The molecular weight excluding hydrogens is 360 g/mol. The molecule has 0 heterocycles. The quantitative estimate of drug-likeness (QED) is 0.512. The third kappa shape index (κ3) is 8.71. The Hall–Kier alpha value is -2.12. The van der Waals surface area contributed by atoms with Crippen molar-refractivity contribution >= 4 is 0 Å². The minimum absolute atomic E-state index is 0.316. The van der Waals surface area contributed by atoms with Crippen molar-refractivity contribution in [2.45, 2.75) is 26.1 Å². The van der Waals surface area contributed by atoms with E-state index in [4.69, 9.17) is 29.2 Å². The summed E-state index contributed by atoms with van der Waals surface area (Å²) in [4.78, 5) is 0. The largest absolute Gasteiger partial charge is 0.491 e. The fourth-order valence-corrected chi connectivity index (χ4v) is 2.43. The first-order valence-electron chi connectivity index (χ1n) is 9.52. The maximum Gasteiger partial charge on any atom is 0.119 e. The van der Waals surface area contributed by atoms with Crippen LogP contribution in [0.3, 0.4) is 0 Å². The molecule has 2 N–H and O–H groups in total. The van der Waals surface area contributed by atoms with Crippen LogP contribution in [-0.4, -0.2) is 62.1 Å². The molecule has 0 saturated carbocycles.